The molecule has 0 heterocycles. The van der Waals surface area contributed by atoms with E-state index in [0.29, 0.717) is 33.4 Å². The molecule has 0 aromatic heterocycles. The maximum Gasteiger partial charge on any atom is 0.417 e. The third kappa shape index (κ3) is 9.36. The highest BCUT2D eigenvalue weighted by Gasteiger charge is 2.37. The average molecular weight is 751 g/mol. The summed E-state index contributed by atoms with van der Waals surface area (Å²) in [4.78, 5) is 29.2. The minimum atomic E-state index is -4.90. The van der Waals surface area contributed by atoms with Crippen LogP contribution in [0.15, 0.2) is 112 Å². The first-order valence-corrected chi connectivity index (χ1v) is 17.2. The van der Waals surface area contributed by atoms with Crippen molar-refractivity contribution in [1.29, 1.82) is 0 Å². The van der Waals surface area contributed by atoms with Gasteiger partial charge in [0.1, 0.15) is 12.6 Å². The topological polar surface area (TPSA) is 86.8 Å². The van der Waals surface area contributed by atoms with E-state index in [0.717, 1.165) is 17.7 Å². The predicted molar refractivity (Wildman–Crippen MR) is 179 cm³/mol. The molecule has 0 aliphatic carbocycles. The van der Waals surface area contributed by atoms with E-state index in [1.54, 1.807) is 54.6 Å². The monoisotopic (exact) mass is 749 g/mol. The fourth-order valence-corrected chi connectivity index (χ4v) is 6.98. The number of nitrogens with zero attached hydrogens (tertiary/aromatic N) is 2. The summed E-state index contributed by atoms with van der Waals surface area (Å²) in [7, 11) is -4.59. The Morgan fingerprint density at radius 3 is 2.15 bits per heavy atom. The summed E-state index contributed by atoms with van der Waals surface area (Å²) in [5.41, 5.74) is -0.296. The summed E-state index contributed by atoms with van der Waals surface area (Å²) < 4.78 is 71.1. The van der Waals surface area contributed by atoms with Crippen LogP contribution in [-0.2, 0) is 38.8 Å². The molecule has 0 radical (unpaired) electrons. The molecule has 7 nitrogen and oxygen atoms in total. The van der Waals surface area contributed by atoms with Crippen LogP contribution in [0.5, 0.6) is 0 Å². The Labute approximate surface area is 285 Å². The second kappa shape index (κ2) is 15.8. The van der Waals surface area contributed by atoms with Crippen molar-refractivity contribution in [1.82, 2.24) is 10.2 Å². The molecule has 1 N–H and O–H groups in total. The highest BCUT2D eigenvalue weighted by Crippen LogP contribution is 2.38. The van der Waals surface area contributed by atoms with Gasteiger partial charge in [-0.1, -0.05) is 95.1 Å². The summed E-state index contributed by atoms with van der Waals surface area (Å²) in [5.74, 6) is -1.26. The maximum atomic E-state index is 14.4. The van der Waals surface area contributed by atoms with Gasteiger partial charge in [-0.25, -0.2) is 8.42 Å². The van der Waals surface area contributed by atoms with Gasteiger partial charge >= 0.3 is 6.18 Å². The van der Waals surface area contributed by atoms with E-state index >= 15 is 0 Å². The molecule has 0 bridgehead atoms. The van der Waals surface area contributed by atoms with Crippen LogP contribution in [0.3, 0.4) is 0 Å². The number of hydrogen-bond donors (Lipinski definition) is 1. The number of hydrogen-bond acceptors (Lipinski definition) is 4. The fraction of sp³-hybridized carbons (Fsp3) is 0.235. The largest absolute Gasteiger partial charge is 0.417 e. The van der Waals surface area contributed by atoms with Crippen molar-refractivity contribution < 1.29 is 31.2 Å². The number of carbonyl (C=O) groups is 2. The highest BCUT2D eigenvalue weighted by atomic mass is 79.9. The molecule has 1 unspecified atom stereocenters. The number of carbonyl (C=O) groups excluding carboxylic acids is 2. The SMILES string of the molecule is CCCNC(=O)C(Cc1ccccc1)N(Cc1cccc(Br)c1)C(=O)CN(c1ccc(Cl)c(C(F)(F)F)c1)S(=O)(=O)c1ccccc1. The molecule has 0 spiro atoms. The van der Waals surface area contributed by atoms with E-state index in [1.807, 2.05) is 13.0 Å². The quantitative estimate of drug-likeness (QED) is 0.154. The van der Waals surface area contributed by atoms with Crippen molar-refractivity contribution in [2.75, 3.05) is 17.4 Å². The summed E-state index contributed by atoms with van der Waals surface area (Å²) in [6.07, 6.45) is -4.17. The molecule has 4 aromatic carbocycles. The number of sulfonamides is 1. The second-order valence-corrected chi connectivity index (χ2v) is 13.8. The molecule has 2 amide bonds. The van der Waals surface area contributed by atoms with Crippen LogP contribution in [0.2, 0.25) is 5.02 Å². The normalized spacial score (nSPS) is 12.3. The molecule has 0 fully saturated rings. The number of halogens is 5. The molecule has 13 heteroatoms. The predicted octanol–water partition coefficient (Wildman–Crippen LogP) is 7.48. The van der Waals surface area contributed by atoms with Gasteiger partial charge in [-0.05, 0) is 60.0 Å². The van der Waals surface area contributed by atoms with Gasteiger partial charge in [-0.2, -0.15) is 13.2 Å². The van der Waals surface area contributed by atoms with E-state index in [-0.39, 0.29) is 17.9 Å². The smallest absolute Gasteiger partial charge is 0.354 e. The number of anilines is 1. The number of rotatable bonds is 13. The first kappa shape index (κ1) is 36.0. The molecular weight excluding hydrogens is 719 g/mol. The Hall–Kier alpha value is -3.87. The Morgan fingerprint density at radius 2 is 1.53 bits per heavy atom. The van der Waals surface area contributed by atoms with Crippen LogP contribution in [0.25, 0.3) is 0 Å². The van der Waals surface area contributed by atoms with Crippen molar-refractivity contribution in [2.24, 2.45) is 0 Å². The summed E-state index contributed by atoms with van der Waals surface area (Å²) in [6.45, 7) is 1.21. The minimum absolute atomic E-state index is 0.0943. The Balaban J connectivity index is 1.85. The van der Waals surface area contributed by atoms with E-state index in [9.17, 15) is 31.2 Å². The second-order valence-electron chi connectivity index (χ2n) is 10.6. The Bertz CT molecular complexity index is 1800. The standard InChI is InChI=1S/C34H32BrClF3N3O4S/c1-2-18-40-33(44)31(20-24-10-5-3-6-11-24)41(22-25-12-9-13-26(35)19-25)32(43)23-42(47(45,46)28-14-7-4-8-15-28)27-16-17-30(36)29(21-27)34(37,38)39/h3-17,19,21,31H,2,18,20,22-23H2,1H3,(H,40,44). The van der Waals surface area contributed by atoms with Gasteiger partial charge in [0, 0.05) is 24.0 Å². The molecule has 1 atom stereocenters. The fourth-order valence-electron chi connectivity index (χ4n) is 4.89. The van der Waals surface area contributed by atoms with E-state index in [2.05, 4.69) is 21.2 Å². The van der Waals surface area contributed by atoms with Crippen molar-refractivity contribution in [3.05, 3.63) is 129 Å². The zero-order valence-electron chi connectivity index (χ0n) is 25.3. The number of nitrogens with one attached hydrogen (secondary N) is 1. The van der Waals surface area contributed by atoms with Gasteiger partial charge in [-0.3, -0.25) is 13.9 Å². The lowest BCUT2D eigenvalue weighted by atomic mass is 10.0. The minimum Gasteiger partial charge on any atom is -0.354 e. The lowest BCUT2D eigenvalue weighted by molar-refractivity contribution is -0.140. The molecule has 4 aromatic rings. The zero-order valence-corrected chi connectivity index (χ0v) is 28.4. The van der Waals surface area contributed by atoms with Gasteiger partial charge < -0.3 is 10.2 Å². The average Bonchev–Trinajstić information content (AvgIpc) is 3.04. The third-order valence-corrected chi connectivity index (χ3v) is 9.83. The van der Waals surface area contributed by atoms with E-state index in [4.69, 9.17) is 11.6 Å². The molecule has 4 rings (SSSR count). The molecule has 0 saturated heterocycles. The van der Waals surface area contributed by atoms with Gasteiger partial charge in [-0.15, -0.1) is 0 Å². The number of alkyl halides is 3. The van der Waals surface area contributed by atoms with Crippen molar-refractivity contribution in [3.63, 3.8) is 0 Å². The lowest BCUT2D eigenvalue weighted by Gasteiger charge is -2.34. The van der Waals surface area contributed by atoms with E-state index in [1.165, 1.54) is 29.2 Å². The van der Waals surface area contributed by atoms with Crippen LogP contribution in [-0.4, -0.2) is 44.3 Å². The van der Waals surface area contributed by atoms with Crippen LogP contribution in [0, 0.1) is 0 Å². The maximum absolute atomic E-state index is 14.4. The van der Waals surface area contributed by atoms with Gasteiger partial charge in [0.2, 0.25) is 11.8 Å². The van der Waals surface area contributed by atoms with Crippen molar-refractivity contribution >= 4 is 55.1 Å². The summed E-state index contributed by atoms with van der Waals surface area (Å²) in [6, 6.07) is 24.7. The molecular formula is C34H32BrClF3N3O4S. The van der Waals surface area contributed by atoms with Crippen molar-refractivity contribution in [2.45, 2.75) is 43.4 Å². The first-order chi connectivity index (χ1) is 22.3. The molecule has 0 saturated carbocycles. The van der Waals surface area contributed by atoms with Gasteiger partial charge in [0.15, 0.2) is 0 Å². The Morgan fingerprint density at radius 1 is 0.894 bits per heavy atom. The molecule has 0 aliphatic heterocycles. The third-order valence-electron chi connectivity index (χ3n) is 7.22. The molecule has 47 heavy (non-hydrogen) atoms. The van der Waals surface area contributed by atoms with Crippen LogP contribution < -0.4 is 9.62 Å². The van der Waals surface area contributed by atoms with Crippen LogP contribution in [0.1, 0.15) is 30.0 Å². The Kier molecular flexibility index (Phi) is 12.1. The first-order valence-electron chi connectivity index (χ1n) is 14.6. The zero-order chi connectivity index (χ0) is 34.2. The summed E-state index contributed by atoms with van der Waals surface area (Å²) >= 11 is 9.28. The van der Waals surface area contributed by atoms with Gasteiger partial charge in [0.05, 0.1) is 21.2 Å². The number of benzene rings is 4. The summed E-state index contributed by atoms with van der Waals surface area (Å²) in [5, 5.41) is 2.21. The van der Waals surface area contributed by atoms with Crippen LogP contribution >= 0.6 is 27.5 Å². The van der Waals surface area contributed by atoms with E-state index < -0.39 is 56.9 Å². The van der Waals surface area contributed by atoms with Gasteiger partial charge in [0.25, 0.3) is 10.0 Å². The number of amides is 2. The highest BCUT2D eigenvalue weighted by molar-refractivity contribution is 9.10. The molecule has 248 valence electrons. The van der Waals surface area contributed by atoms with Crippen LogP contribution in [0.4, 0.5) is 18.9 Å². The van der Waals surface area contributed by atoms with Crippen molar-refractivity contribution in [3.8, 4) is 0 Å². The lowest BCUT2D eigenvalue weighted by Crippen LogP contribution is -2.53. The molecule has 0 aliphatic rings.